The summed E-state index contributed by atoms with van der Waals surface area (Å²) < 4.78 is 1.62. The molecule has 1 heterocycles. The molecule has 0 fully saturated rings. The molecule has 0 aliphatic carbocycles. The predicted octanol–water partition coefficient (Wildman–Crippen LogP) is 1.37. The van der Waals surface area contributed by atoms with Crippen molar-refractivity contribution in [1.29, 1.82) is 0 Å². The van der Waals surface area contributed by atoms with Gasteiger partial charge < -0.3 is 10.4 Å². The summed E-state index contributed by atoms with van der Waals surface area (Å²) in [6, 6.07) is 7.36. The van der Waals surface area contributed by atoms with Crippen LogP contribution in [0.4, 0.5) is 0 Å². The van der Waals surface area contributed by atoms with E-state index in [4.69, 9.17) is 0 Å². The van der Waals surface area contributed by atoms with Crippen molar-refractivity contribution in [2.75, 3.05) is 6.54 Å². The summed E-state index contributed by atoms with van der Waals surface area (Å²) in [5.41, 5.74) is 1.05. The molecule has 106 valence electrons. The minimum Gasteiger partial charge on any atom is -0.383 e. The van der Waals surface area contributed by atoms with Crippen molar-refractivity contribution in [2.45, 2.75) is 19.4 Å². The highest BCUT2D eigenvalue weighted by Gasteiger charge is 2.25. The highest BCUT2D eigenvalue weighted by Crippen LogP contribution is 2.18. The molecule has 2 rings (SSSR count). The van der Waals surface area contributed by atoms with Crippen LogP contribution in [0.3, 0.4) is 0 Å². The highest BCUT2D eigenvalue weighted by molar-refractivity contribution is 5.95. The van der Waals surface area contributed by atoms with Crippen LogP contribution in [0.5, 0.6) is 0 Å². The normalized spacial score (nSPS) is 13.8. The van der Waals surface area contributed by atoms with Crippen molar-refractivity contribution in [3.63, 3.8) is 0 Å². The number of aromatic nitrogens is 2. The number of nitrogens with zero attached hydrogens (tertiary/aromatic N) is 2. The third-order valence-electron chi connectivity index (χ3n) is 3.31. The lowest BCUT2D eigenvalue weighted by atomic mass is 9.99. The molecule has 2 aromatic rings. The first-order valence-corrected chi connectivity index (χ1v) is 6.45. The molecular weight excluding hydrogens is 254 g/mol. The van der Waals surface area contributed by atoms with Gasteiger partial charge in [0.25, 0.3) is 5.91 Å². The molecule has 0 aliphatic heterocycles. The first-order chi connectivity index (χ1) is 9.40. The molecule has 0 saturated carbocycles. The number of hydrogen-bond acceptors (Lipinski definition) is 3. The fourth-order valence-corrected chi connectivity index (χ4v) is 1.98. The molecule has 2 N–H and O–H groups in total. The fraction of sp³-hybridized carbons (Fsp3) is 0.333. The van der Waals surface area contributed by atoms with Gasteiger partial charge >= 0.3 is 0 Å². The standard InChI is InChI=1S/C15H19N3O2/c1-11-6-4-5-7-13(11)14(19)16-10-15(2,20)12-8-17-18(3)9-12/h4-9,20H,10H2,1-3H3,(H,16,19). The monoisotopic (exact) mass is 273 g/mol. The molecule has 1 atom stereocenters. The average Bonchev–Trinajstić information content (AvgIpc) is 2.84. The van der Waals surface area contributed by atoms with Gasteiger partial charge in [-0.3, -0.25) is 9.48 Å². The maximum absolute atomic E-state index is 12.1. The van der Waals surface area contributed by atoms with E-state index in [0.717, 1.165) is 5.56 Å². The molecule has 0 radical (unpaired) electrons. The Kier molecular flexibility index (Phi) is 3.90. The Balaban J connectivity index is 2.05. The lowest BCUT2D eigenvalue weighted by molar-refractivity contribution is 0.0525. The van der Waals surface area contributed by atoms with E-state index >= 15 is 0 Å². The van der Waals surface area contributed by atoms with Gasteiger partial charge in [0.15, 0.2) is 0 Å². The molecule has 1 amide bonds. The Morgan fingerprint density at radius 3 is 2.75 bits per heavy atom. The van der Waals surface area contributed by atoms with E-state index in [-0.39, 0.29) is 12.5 Å². The number of aliphatic hydroxyl groups is 1. The van der Waals surface area contributed by atoms with Gasteiger partial charge in [-0.25, -0.2) is 0 Å². The second-order valence-corrected chi connectivity index (χ2v) is 5.17. The summed E-state index contributed by atoms with van der Waals surface area (Å²) in [5, 5.41) is 17.2. The first-order valence-electron chi connectivity index (χ1n) is 6.45. The third-order valence-corrected chi connectivity index (χ3v) is 3.31. The van der Waals surface area contributed by atoms with Crippen LogP contribution in [0.1, 0.15) is 28.4 Å². The molecule has 0 spiro atoms. The van der Waals surface area contributed by atoms with Crippen LogP contribution in [-0.2, 0) is 12.6 Å². The minimum absolute atomic E-state index is 0.131. The topological polar surface area (TPSA) is 67.2 Å². The van der Waals surface area contributed by atoms with Gasteiger partial charge in [0.1, 0.15) is 5.60 Å². The van der Waals surface area contributed by atoms with E-state index in [1.165, 1.54) is 0 Å². The number of amides is 1. The van der Waals surface area contributed by atoms with E-state index in [1.54, 1.807) is 37.1 Å². The Bertz CT molecular complexity index is 617. The van der Waals surface area contributed by atoms with Crippen molar-refractivity contribution in [3.8, 4) is 0 Å². The predicted molar refractivity (Wildman–Crippen MR) is 76.3 cm³/mol. The molecule has 0 saturated heterocycles. The molecule has 1 unspecified atom stereocenters. The van der Waals surface area contributed by atoms with Crippen LogP contribution in [0.25, 0.3) is 0 Å². The van der Waals surface area contributed by atoms with Gasteiger partial charge in [0.2, 0.25) is 0 Å². The summed E-state index contributed by atoms with van der Waals surface area (Å²) in [7, 11) is 1.78. The zero-order chi connectivity index (χ0) is 14.8. The van der Waals surface area contributed by atoms with E-state index in [1.807, 2.05) is 25.1 Å². The zero-order valence-electron chi connectivity index (χ0n) is 11.9. The lowest BCUT2D eigenvalue weighted by Crippen LogP contribution is -2.38. The molecule has 5 nitrogen and oxygen atoms in total. The second kappa shape index (κ2) is 5.46. The van der Waals surface area contributed by atoms with Crippen molar-refractivity contribution in [2.24, 2.45) is 7.05 Å². The fourth-order valence-electron chi connectivity index (χ4n) is 1.98. The van der Waals surface area contributed by atoms with E-state index in [2.05, 4.69) is 10.4 Å². The third kappa shape index (κ3) is 3.05. The lowest BCUT2D eigenvalue weighted by Gasteiger charge is -2.22. The number of rotatable bonds is 4. The van der Waals surface area contributed by atoms with Crippen LogP contribution >= 0.6 is 0 Å². The smallest absolute Gasteiger partial charge is 0.251 e. The molecule has 1 aromatic heterocycles. The Morgan fingerprint density at radius 2 is 2.15 bits per heavy atom. The summed E-state index contributed by atoms with van der Waals surface area (Å²) >= 11 is 0. The van der Waals surface area contributed by atoms with Crippen molar-refractivity contribution < 1.29 is 9.90 Å². The zero-order valence-corrected chi connectivity index (χ0v) is 11.9. The Labute approximate surface area is 118 Å². The summed E-state index contributed by atoms with van der Waals surface area (Å²) in [6.07, 6.45) is 3.33. The Hall–Kier alpha value is -2.14. The number of benzene rings is 1. The Morgan fingerprint density at radius 1 is 1.45 bits per heavy atom. The van der Waals surface area contributed by atoms with Crippen LogP contribution < -0.4 is 5.32 Å². The first kappa shape index (κ1) is 14.3. The number of carbonyl (C=O) groups excluding carboxylic acids is 1. The largest absolute Gasteiger partial charge is 0.383 e. The number of hydrogen-bond donors (Lipinski definition) is 2. The van der Waals surface area contributed by atoms with Gasteiger partial charge in [0.05, 0.1) is 12.7 Å². The second-order valence-electron chi connectivity index (χ2n) is 5.17. The average molecular weight is 273 g/mol. The minimum atomic E-state index is -1.15. The molecule has 0 bridgehead atoms. The summed E-state index contributed by atoms with van der Waals surface area (Å²) in [5.74, 6) is -0.188. The van der Waals surface area contributed by atoms with Crippen LogP contribution in [0, 0.1) is 6.92 Å². The van der Waals surface area contributed by atoms with Crippen molar-refractivity contribution in [3.05, 3.63) is 53.3 Å². The van der Waals surface area contributed by atoms with Crippen LogP contribution in [0.15, 0.2) is 36.7 Å². The number of nitrogens with one attached hydrogen (secondary N) is 1. The van der Waals surface area contributed by atoms with Crippen molar-refractivity contribution >= 4 is 5.91 Å². The molecule has 0 aliphatic rings. The SMILES string of the molecule is Cc1ccccc1C(=O)NCC(C)(O)c1cnn(C)c1. The van der Waals surface area contributed by atoms with Crippen LogP contribution in [0.2, 0.25) is 0 Å². The van der Waals surface area contributed by atoms with E-state index in [9.17, 15) is 9.90 Å². The van der Waals surface area contributed by atoms with Gasteiger partial charge in [0, 0.05) is 24.4 Å². The maximum atomic E-state index is 12.1. The summed E-state index contributed by atoms with van der Waals surface area (Å²) in [6.45, 7) is 3.67. The van der Waals surface area contributed by atoms with Crippen molar-refractivity contribution in [1.82, 2.24) is 15.1 Å². The summed E-state index contributed by atoms with van der Waals surface area (Å²) in [4.78, 5) is 12.1. The molecule has 5 heteroatoms. The molecular formula is C15H19N3O2. The quantitative estimate of drug-likeness (QED) is 0.884. The maximum Gasteiger partial charge on any atom is 0.251 e. The van der Waals surface area contributed by atoms with E-state index in [0.29, 0.717) is 11.1 Å². The van der Waals surface area contributed by atoms with Gasteiger partial charge in [-0.15, -0.1) is 0 Å². The van der Waals surface area contributed by atoms with E-state index < -0.39 is 5.60 Å². The van der Waals surface area contributed by atoms with Gasteiger partial charge in [-0.1, -0.05) is 18.2 Å². The number of carbonyl (C=O) groups is 1. The van der Waals surface area contributed by atoms with Gasteiger partial charge in [-0.05, 0) is 25.5 Å². The molecule has 1 aromatic carbocycles. The van der Waals surface area contributed by atoms with Gasteiger partial charge in [-0.2, -0.15) is 5.10 Å². The number of aryl methyl sites for hydroxylation is 2. The molecule has 20 heavy (non-hydrogen) atoms. The van der Waals surface area contributed by atoms with Crippen LogP contribution in [-0.4, -0.2) is 27.3 Å². The highest BCUT2D eigenvalue weighted by atomic mass is 16.3.